The van der Waals surface area contributed by atoms with Gasteiger partial charge in [-0.25, -0.2) is 4.79 Å². The number of nitrogens with zero attached hydrogens (tertiary/aromatic N) is 1. The quantitative estimate of drug-likeness (QED) is 0.329. The maximum atomic E-state index is 12.4. The van der Waals surface area contributed by atoms with Gasteiger partial charge in [-0.05, 0) is 88.9 Å². The zero-order valence-electron chi connectivity index (χ0n) is 21.5. The number of carboxylic acid groups (broad SMARTS) is 1. The normalized spacial score (nSPS) is 15.5. The molecular weight excluding hydrogens is 501 g/mol. The van der Waals surface area contributed by atoms with Crippen LogP contribution in [0.3, 0.4) is 0 Å². The first kappa shape index (κ1) is 26.2. The molecule has 6 heteroatoms. The number of carboxylic acids is 1. The lowest BCUT2D eigenvalue weighted by Gasteiger charge is -2.33. The average Bonchev–Trinajstić information content (AvgIpc) is 3.09. The predicted molar refractivity (Wildman–Crippen MR) is 152 cm³/mol. The second kappa shape index (κ2) is 11.5. The number of fused-ring (bicyclic) bond motifs is 1. The molecule has 0 bridgehead atoms. The number of rotatable bonds is 8. The molecule has 1 N–H and O–H groups in total. The lowest BCUT2D eigenvalue weighted by Crippen LogP contribution is -2.40. The van der Waals surface area contributed by atoms with Gasteiger partial charge in [0.1, 0.15) is 5.75 Å². The van der Waals surface area contributed by atoms with Crippen molar-refractivity contribution in [1.29, 1.82) is 0 Å². The Morgan fingerprint density at radius 3 is 2.61 bits per heavy atom. The van der Waals surface area contributed by atoms with Gasteiger partial charge in [0.25, 0.3) is 0 Å². The molecule has 3 aromatic carbocycles. The third kappa shape index (κ3) is 5.40. The molecule has 1 aliphatic heterocycles. The number of hydrogen-bond donors (Lipinski definition) is 1. The fraction of sp³-hybridized carbons (Fsp3) is 0.281. The Labute approximate surface area is 228 Å². The van der Waals surface area contributed by atoms with Crippen LogP contribution in [0, 0.1) is 0 Å². The van der Waals surface area contributed by atoms with Crippen LogP contribution in [-0.2, 0) is 6.42 Å². The molecule has 0 aromatic heterocycles. The Bertz CT molecular complexity index is 1400. The Kier molecular flexibility index (Phi) is 7.96. The second-order valence-corrected chi connectivity index (χ2v) is 10.3. The lowest BCUT2D eigenvalue weighted by molar-refractivity contribution is 0.0696. The zero-order valence-corrected chi connectivity index (χ0v) is 22.2. The highest BCUT2D eigenvalue weighted by Crippen LogP contribution is 2.45. The summed E-state index contributed by atoms with van der Waals surface area (Å²) in [6.45, 7) is 2.32. The Morgan fingerprint density at radius 2 is 1.89 bits per heavy atom. The minimum atomic E-state index is -0.924. The van der Waals surface area contributed by atoms with Crippen molar-refractivity contribution in [3.63, 3.8) is 0 Å². The maximum Gasteiger partial charge on any atom is 0.335 e. The Hall–Kier alpha value is -3.41. The molecule has 3 aromatic rings. The molecule has 1 saturated heterocycles. The van der Waals surface area contributed by atoms with Crippen LogP contribution in [-0.4, -0.2) is 49.4 Å². The van der Waals surface area contributed by atoms with Crippen molar-refractivity contribution in [3.05, 3.63) is 105 Å². The van der Waals surface area contributed by atoms with Gasteiger partial charge in [0.05, 0.1) is 24.4 Å². The molecule has 1 aliphatic carbocycles. The van der Waals surface area contributed by atoms with E-state index in [4.69, 9.17) is 16.3 Å². The topological polar surface area (TPSA) is 49.8 Å². The Balaban J connectivity index is 1.58. The van der Waals surface area contributed by atoms with Gasteiger partial charge in [-0.15, -0.1) is 0 Å². The van der Waals surface area contributed by atoms with E-state index >= 15 is 0 Å². The van der Waals surface area contributed by atoms with Gasteiger partial charge in [0.2, 0.25) is 0 Å². The molecule has 38 heavy (non-hydrogen) atoms. The highest BCUT2D eigenvalue weighted by molar-refractivity contribution is 6.33. The summed E-state index contributed by atoms with van der Waals surface area (Å²) < 4.78 is 18.2. The van der Waals surface area contributed by atoms with Crippen molar-refractivity contribution in [2.75, 3.05) is 33.4 Å². The Morgan fingerprint density at radius 1 is 1.11 bits per heavy atom. The van der Waals surface area contributed by atoms with E-state index in [-0.39, 0.29) is 6.67 Å². The number of hydrogen-bond acceptors (Lipinski definition) is 3. The third-order valence-corrected chi connectivity index (χ3v) is 7.64. The molecule has 0 spiro atoms. The van der Waals surface area contributed by atoms with Crippen molar-refractivity contribution >= 4 is 34.8 Å². The van der Waals surface area contributed by atoms with Gasteiger partial charge >= 0.3 is 5.97 Å². The number of likely N-dealkylation sites (tertiary alicyclic amines) is 1. The summed E-state index contributed by atoms with van der Waals surface area (Å²) in [6.07, 6.45) is 5.23. The first-order valence-corrected chi connectivity index (χ1v) is 13.4. The average molecular weight is 532 g/mol. The van der Waals surface area contributed by atoms with Crippen molar-refractivity contribution in [3.8, 4) is 5.75 Å². The van der Waals surface area contributed by atoms with Crippen LogP contribution in [0.2, 0.25) is 5.02 Å². The van der Waals surface area contributed by atoms with Crippen molar-refractivity contribution in [2.45, 2.75) is 25.7 Å². The maximum absolute atomic E-state index is 12.4. The number of carbonyl (C=O) groups is 1. The van der Waals surface area contributed by atoms with Crippen molar-refractivity contribution < 1.29 is 19.0 Å². The molecule has 0 radical (unpaired) electrons. The molecule has 1 heterocycles. The number of alkyl halides is 1. The van der Waals surface area contributed by atoms with Crippen LogP contribution in [0.25, 0.3) is 17.2 Å². The number of methoxy groups -OCH3 is 1. The van der Waals surface area contributed by atoms with Gasteiger partial charge in [-0.1, -0.05) is 54.1 Å². The summed E-state index contributed by atoms with van der Waals surface area (Å²) in [7, 11) is 1.65. The van der Waals surface area contributed by atoms with Crippen LogP contribution in [0.1, 0.15) is 57.4 Å². The lowest BCUT2D eigenvalue weighted by atomic mass is 9.86. The van der Waals surface area contributed by atoms with Crippen molar-refractivity contribution in [1.82, 2.24) is 4.90 Å². The summed E-state index contributed by atoms with van der Waals surface area (Å²) in [4.78, 5) is 13.9. The highest BCUT2D eigenvalue weighted by Gasteiger charge is 2.25. The third-order valence-electron chi connectivity index (χ3n) is 7.32. The molecule has 0 unspecified atom stereocenters. The smallest absolute Gasteiger partial charge is 0.335 e. The molecule has 0 amide bonds. The summed E-state index contributed by atoms with van der Waals surface area (Å²) in [5.41, 5.74) is 8.91. The van der Waals surface area contributed by atoms with Crippen LogP contribution < -0.4 is 4.74 Å². The molecule has 5 rings (SSSR count). The van der Waals surface area contributed by atoms with E-state index in [1.165, 1.54) is 5.57 Å². The van der Waals surface area contributed by atoms with Gasteiger partial charge < -0.3 is 9.84 Å². The van der Waals surface area contributed by atoms with Gasteiger partial charge in [-0.3, -0.25) is 9.29 Å². The summed E-state index contributed by atoms with van der Waals surface area (Å²) in [5, 5.41) is 10.2. The van der Waals surface area contributed by atoms with E-state index < -0.39 is 5.97 Å². The van der Waals surface area contributed by atoms with E-state index in [1.54, 1.807) is 19.2 Å². The molecule has 1 fully saturated rings. The number of allylic oxidation sites excluding steroid dienone is 1. The molecule has 0 atom stereocenters. The van der Waals surface area contributed by atoms with E-state index in [2.05, 4.69) is 35.2 Å². The van der Waals surface area contributed by atoms with Crippen LogP contribution in [0.5, 0.6) is 5.75 Å². The molecule has 0 saturated carbocycles. The number of aromatic carboxylic acids is 1. The molecule has 196 valence electrons. The van der Waals surface area contributed by atoms with Crippen molar-refractivity contribution in [2.24, 2.45) is 0 Å². The standard InChI is InChI=1S/C32H31ClFNO3/c1-38-29-8-3-7-28(33)31(29)27-6-2-5-24-18-25(32(36)37)13-14-26(24)30(27)23-11-9-21(10-12-23)17-22-19-35(20-22)16-4-15-34/h3,7-14,17-18H,2,4-6,15-16,19-20H2,1H3,(H,36,37). The minimum absolute atomic E-state index is 0.268. The van der Waals surface area contributed by atoms with E-state index in [9.17, 15) is 14.3 Å². The van der Waals surface area contributed by atoms with Crippen LogP contribution in [0.15, 0.2) is 66.2 Å². The van der Waals surface area contributed by atoms with Gasteiger partial charge in [0, 0.05) is 25.2 Å². The van der Waals surface area contributed by atoms with E-state index in [0.29, 0.717) is 17.0 Å². The fourth-order valence-electron chi connectivity index (χ4n) is 5.51. The summed E-state index contributed by atoms with van der Waals surface area (Å²) in [6, 6.07) is 19.6. The molecule has 4 nitrogen and oxygen atoms in total. The molecule has 2 aliphatic rings. The number of benzene rings is 3. The minimum Gasteiger partial charge on any atom is -0.496 e. The van der Waals surface area contributed by atoms with Gasteiger partial charge in [0.15, 0.2) is 0 Å². The van der Waals surface area contributed by atoms with E-state index in [0.717, 1.165) is 83.6 Å². The molecular formula is C32H31ClFNO3. The largest absolute Gasteiger partial charge is 0.496 e. The highest BCUT2D eigenvalue weighted by atomic mass is 35.5. The fourth-order valence-corrected chi connectivity index (χ4v) is 5.79. The van der Waals surface area contributed by atoms with Crippen LogP contribution in [0.4, 0.5) is 4.39 Å². The number of aryl methyl sites for hydroxylation is 1. The predicted octanol–water partition coefficient (Wildman–Crippen LogP) is 7.40. The number of halogens is 2. The van der Waals surface area contributed by atoms with Crippen LogP contribution >= 0.6 is 11.6 Å². The first-order chi connectivity index (χ1) is 18.5. The SMILES string of the molecule is COc1cccc(Cl)c1C1=C(c2ccc(C=C3CN(CCCF)C3)cc2)c2ccc(C(=O)O)cc2CCC1. The van der Waals surface area contributed by atoms with Gasteiger partial charge in [-0.2, -0.15) is 0 Å². The first-order valence-electron chi connectivity index (χ1n) is 13.0. The number of ether oxygens (including phenoxy) is 1. The summed E-state index contributed by atoms with van der Waals surface area (Å²) in [5.74, 6) is -0.202. The van der Waals surface area contributed by atoms with E-state index in [1.807, 2.05) is 24.3 Å². The second-order valence-electron chi connectivity index (χ2n) is 9.88. The summed E-state index contributed by atoms with van der Waals surface area (Å²) >= 11 is 6.77. The zero-order chi connectivity index (χ0) is 26.6. The monoisotopic (exact) mass is 531 g/mol.